The molecule has 0 aliphatic carbocycles. The topological polar surface area (TPSA) is 69.7 Å². The molecule has 0 saturated heterocycles. The number of hydrogen-bond donors (Lipinski definition) is 1. The van der Waals surface area contributed by atoms with E-state index in [0.29, 0.717) is 18.8 Å². The number of sulfonamides is 1. The molecule has 162 valence electrons. The summed E-state index contributed by atoms with van der Waals surface area (Å²) in [6, 6.07) is 26.3. The standard InChI is InChI=1S/C24H27N3O3S/c1-26(2)31(29,30)23-15-9-14-22(16-23)25-24(28)19-27(17-20-10-5-3-6-11-20)18-21-12-7-4-8-13-21/h3-16H,17-19H2,1-2H3,(H,25,28). The number of amides is 1. The van der Waals surface area contributed by atoms with Crippen LogP contribution in [0.25, 0.3) is 0 Å². The number of anilines is 1. The van der Waals surface area contributed by atoms with Crippen molar-refractivity contribution in [3.8, 4) is 0 Å². The van der Waals surface area contributed by atoms with Crippen molar-refractivity contribution in [1.29, 1.82) is 0 Å². The van der Waals surface area contributed by atoms with Crippen LogP contribution in [0.5, 0.6) is 0 Å². The fourth-order valence-corrected chi connectivity index (χ4v) is 4.15. The third-order valence-electron chi connectivity index (χ3n) is 4.76. The summed E-state index contributed by atoms with van der Waals surface area (Å²) in [5, 5.41) is 2.83. The smallest absolute Gasteiger partial charge is 0.242 e. The molecule has 0 saturated carbocycles. The third kappa shape index (κ3) is 6.49. The molecule has 0 aliphatic rings. The van der Waals surface area contributed by atoms with Gasteiger partial charge in [0.25, 0.3) is 0 Å². The average Bonchev–Trinajstić information content (AvgIpc) is 2.75. The first-order chi connectivity index (χ1) is 14.8. The third-order valence-corrected chi connectivity index (χ3v) is 6.57. The molecule has 0 unspecified atom stereocenters. The summed E-state index contributed by atoms with van der Waals surface area (Å²) in [4.78, 5) is 15.0. The van der Waals surface area contributed by atoms with Crippen LogP contribution in [0.3, 0.4) is 0 Å². The molecule has 0 fully saturated rings. The van der Waals surface area contributed by atoms with Gasteiger partial charge in [-0.25, -0.2) is 12.7 Å². The number of nitrogens with one attached hydrogen (secondary N) is 1. The highest BCUT2D eigenvalue weighted by Crippen LogP contribution is 2.18. The lowest BCUT2D eigenvalue weighted by molar-refractivity contribution is -0.117. The first-order valence-electron chi connectivity index (χ1n) is 9.97. The first-order valence-corrected chi connectivity index (χ1v) is 11.4. The monoisotopic (exact) mass is 437 g/mol. The van der Waals surface area contributed by atoms with Crippen molar-refractivity contribution in [2.45, 2.75) is 18.0 Å². The first kappa shape index (κ1) is 22.7. The van der Waals surface area contributed by atoms with E-state index in [9.17, 15) is 13.2 Å². The zero-order chi connectivity index (χ0) is 22.3. The fourth-order valence-electron chi connectivity index (χ4n) is 3.20. The summed E-state index contributed by atoms with van der Waals surface area (Å²) in [5.41, 5.74) is 2.68. The van der Waals surface area contributed by atoms with E-state index < -0.39 is 10.0 Å². The maximum atomic E-state index is 12.8. The van der Waals surface area contributed by atoms with Crippen LogP contribution in [0.2, 0.25) is 0 Å². The lowest BCUT2D eigenvalue weighted by Crippen LogP contribution is -2.32. The molecule has 0 spiro atoms. The molecule has 0 aliphatic heterocycles. The minimum absolute atomic E-state index is 0.140. The highest BCUT2D eigenvalue weighted by Gasteiger charge is 2.18. The van der Waals surface area contributed by atoms with Gasteiger partial charge in [-0.3, -0.25) is 9.69 Å². The van der Waals surface area contributed by atoms with Crippen LogP contribution in [0, 0.1) is 0 Å². The van der Waals surface area contributed by atoms with E-state index in [1.807, 2.05) is 60.7 Å². The Morgan fingerprint density at radius 2 is 1.35 bits per heavy atom. The SMILES string of the molecule is CN(C)S(=O)(=O)c1cccc(NC(=O)CN(Cc2ccccc2)Cc2ccccc2)c1. The molecule has 1 N–H and O–H groups in total. The summed E-state index contributed by atoms with van der Waals surface area (Å²) in [6.07, 6.45) is 0. The Morgan fingerprint density at radius 3 is 1.87 bits per heavy atom. The van der Waals surface area contributed by atoms with E-state index in [1.165, 1.54) is 26.2 Å². The number of benzene rings is 3. The quantitative estimate of drug-likeness (QED) is 0.556. The predicted molar refractivity (Wildman–Crippen MR) is 123 cm³/mol. The fraction of sp³-hybridized carbons (Fsp3) is 0.208. The Morgan fingerprint density at radius 1 is 0.806 bits per heavy atom. The molecule has 0 heterocycles. The van der Waals surface area contributed by atoms with Crippen molar-refractivity contribution < 1.29 is 13.2 Å². The van der Waals surface area contributed by atoms with Gasteiger partial charge in [-0.05, 0) is 29.3 Å². The van der Waals surface area contributed by atoms with Crippen molar-refractivity contribution >= 4 is 21.6 Å². The Labute approximate surface area is 184 Å². The van der Waals surface area contributed by atoms with Gasteiger partial charge >= 0.3 is 0 Å². The van der Waals surface area contributed by atoms with Crippen molar-refractivity contribution in [3.05, 3.63) is 96.1 Å². The average molecular weight is 438 g/mol. The Bertz CT molecular complexity index is 1060. The maximum Gasteiger partial charge on any atom is 0.242 e. The molecule has 0 radical (unpaired) electrons. The van der Waals surface area contributed by atoms with Crippen molar-refractivity contribution in [2.24, 2.45) is 0 Å². The van der Waals surface area contributed by atoms with Gasteiger partial charge in [0, 0.05) is 32.9 Å². The van der Waals surface area contributed by atoms with E-state index in [-0.39, 0.29) is 17.3 Å². The molecule has 6 nitrogen and oxygen atoms in total. The van der Waals surface area contributed by atoms with E-state index >= 15 is 0 Å². The zero-order valence-corrected chi connectivity index (χ0v) is 18.5. The second-order valence-corrected chi connectivity index (χ2v) is 9.63. The summed E-state index contributed by atoms with van der Waals surface area (Å²) < 4.78 is 25.9. The molecule has 0 bridgehead atoms. The molecular formula is C24H27N3O3S. The van der Waals surface area contributed by atoms with Crippen LogP contribution >= 0.6 is 0 Å². The normalized spacial score (nSPS) is 11.6. The summed E-state index contributed by atoms with van der Waals surface area (Å²) in [7, 11) is -0.612. The van der Waals surface area contributed by atoms with Crippen LogP contribution < -0.4 is 5.32 Å². The maximum absolute atomic E-state index is 12.8. The minimum Gasteiger partial charge on any atom is -0.325 e. The lowest BCUT2D eigenvalue weighted by Gasteiger charge is -2.22. The van der Waals surface area contributed by atoms with E-state index in [2.05, 4.69) is 10.2 Å². The van der Waals surface area contributed by atoms with Gasteiger partial charge in [0.15, 0.2) is 0 Å². The van der Waals surface area contributed by atoms with E-state index in [0.717, 1.165) is 15.4 Å². The Balaban J connectivity index is 1.73. The molecule has 1 amide bonds. The highest BCUT2D eigenvalue weighted by atomic mass is 32.2. The zero-order valence-electron chi connectivity index (χ0n) is 17.7. The molecule has 3 rings (SSSR count). The van der Waals surface area contributed by atoms with Gasteiger partial charge in [-0.2, -0.15) is 0 Å². The van der Waals surface area contributed by atoms with Gasteiger partial charge in [-0.1, -0.05) is 66.7 Å². The number of rotatable bonds is 9. The molecule has 3 aromatic rings. The Kier molecular flexibility index (Phi) is 7.57. The molecule has 31 heavy (non-hydrogen) atoms. The molecule has 0 atom stereocenters. The van der Waals surface area contributed by atoms with Gasteiger partial charge in [0.2, 0.25) is 15.9 Å². The van der Waals surface area contributed by atoms with Crippen LogP contribution in [0.4, 0.5) is 5.69 Å². The number of carbonyl (C=O) groups is 1. The van der Waals surface area contributed by atoms with Crippen LogP contribution in [-0.2, 0) is 27.9 Å². The lowest BCUT2D eigenvalue weighted by atomic mass is 10.1. The van der Waals surface area contributed by atoms with Crippen LogP contribution in [0.15, 0.2) is 89.8 Å². The van der Waals surface area contributed by atoms with E-state index in [4.69, 9.17) is 0 Å². The van der Waals surface area contributed by atoms with Crippen molar-refractivity contribution in [3.63, 3.8) is 0 Å². The van der Waals surface area contributed by atoms with Crippen LogP contribution in [-0.4, -0.2) is 44.2 Å². The molecule has 7 heteroatoms. The second kappa shape index (κ2) is 10.3. The highest BCUT2D eigenvalue weighted by molar-refractivity contribution is 7.89. The summed E-state index contributed by atoms with van der Waals surface area (Å²) in [6.45, 7) is 1.42. The van der Waals surface area contributed by atoms with Gasteiger partial charge in [0.1, 0.15) is 0 Å². The molecule has 0 aromatic heterocycles. The largest absolute Gasteiger partial charge is 0.325 e. The predicted octanol–water partition coefficient (Wildman–Crippen LogP) is 3.58. The molecule has 3 aromatic carbocycles. The summed E-state index contributed by atoms with van der Waals surface area (Å²) in [5.74, 6) is -0.203. The number of hydrogen-bond acceptors (Lipinski definition) is 4. The van der Waals surface area contributed by atoms with E-state index in [1.54, 1.807) is 12.1 Å². The Hall–Kier alpha value is -3.00. The van der Waals surface area contributed by atoms with Crippen LogP contribution in [0.1, 0.15) is 11.1 Å². The number of nitrogens with zero attached hydrogens (tertiary/aromatic N) is 2. The molecular weight excluding hydrogens is 410 g/mol. The van der Waals surface area contributed by atoms with Crippen molar-refractivity contribution in [1.82, 2.24) is 9.21 Å². The second-order valence-electron chi connectivity index (χ2n) is 7.48. The van der Waals surface area contributed by atoms with Crippen molar-refractivity contribution in [2.75, 3.05) is 26.0 Å². The van der Waals surface area contributed by atoms with Gasteiger partial charge in [-0.15, -0.1) is 0 Å². The van der Waals surface area contributed by atoms with Gasteiger partial charge < -0.3 is 5.32 Å². The summed E-state index contributed by atoms with van der Waals surface area (Å²) >= 11 is 0. The van der Waals surface area contributed by atoms with Gasteiger partial charge in [0.05, 0.1) is 11.4 Å². The number of carbonyl (C=O) groups excluding carboxylic acids is 1. The minimum atomic E-state index is -3.57.